The van der Waals surface area contributed by atoms with Crippen molar-refractivity contribution >= 4 is 23.5 Å². The third-order valence-corrected chi connectivity index (χ3v) is 6.64. The number of amides is 1. The van der Waals surface area contributed by atoms with Crippen molar-refractivity contribution in [2.24, 2.45) is 11.3 Å². The summed E-state index contributed by atoms with van der Waals surface area (Å²) in [7, 11) is 3.98. The van der Waals surface area contributed by atoms with E-state index in [1.54, 1.807) is 7.11 Å². The molecule has 2 fully saturated rings. The summed E-state index contributed by atoms with van der Waals surface area (Å²) in [6.45, 7) is 4.80. The molecule has 0 radical (unpaired) electrons. The number of halogens is 4. The molecule has 0 aromatic heterocycles. The van der Waals surface area contributed by atoms with E-state index in [4.69, 9.17) is 26.2 Å². The van der Waals surface area contributed by atoms with Gasteiger partial charge in [-0.05, 0) is 43.4 Å². The Morgan fingerprint density at radius 3 is 2.38 bits per heavy atom. The smallest absolute Gasteiger partial charge is 0.475 e. The minimum atomic E-state index is -5.08. The largest absolute Gasteiger partial charge is 0.490 e. The minimum absolute atomic E-state index is 0.254. The normalized spacial score (nSPS) is 20.7. The first kappa shape index (κ1) is 26.4. The lowest BCUT2D eigenvalue weighted by molar-refractivity contribution is -0.192. The number of hydrogen-bond donors (Lipinski definition) is 1. The van der Waals surface area contributed by atoms with Crippen LogP contribution < -0.4 is 0 Å². The van der Waals surface area contributed by atoms with Gasteiger partial charge in [0.25, 0.3) is 0 Å². The molecule has 1 N–H and O–H groups in total. The van der Waals surface area contributed by atoms with Gasteiger partial charge in [0.15, 0.2) is 0 Å². The topological polar surface area (TPSA) is 70.1 Å². The molecule has 2 heterocycles. The SMILES string of the molecule is COCC1CN(C)CC12CCN(C(=O)CCc1ccccc1Cl)CC2.O=C(O)C(F)(F)F. The van der Waals surface area contributed by atoms with Crippen LogP contribution in [0.25, 0.3) is 0 Å². The van der Waals surface area contributed by atoms with E-state index < -0.39 is 12.1 Å². The Balaban J connectivity index is 0.000000451. The van der Waals surface area contributed by atoms with Crippen molar-refractivity contribution in [2.75, 3.05) is 46.9 Å². The van der Waals surface area contributed by atoms with Crippen LogP contribution in [0, 0.1) is 11.3 Å². The van der Waals surface area contributed by atoms with E-state index in [0.29, 0.717) is 17.8 Å². The van der Waals surface area contributed by atoms with E-state index in [9.17, 15) is 18.0 Å². The van der Waals surface area contributed by atoms with Crippen LogP contribution in [-0.4, -0.2) is 79.9 Å². The molecule has 0 saturated carbocycles. The molecule has 1 spiro atoms. The van der Waals surface area contributed by atoms with Crippen LogP contribution in [0.4, 0.5) is 13.2 Å². The summed E-state index contributed by atoms with van der Waals surface area (Å²) in [6.07, 6.45) is -1.65. The second kappa shape index (κ2) is 11.3. The number of piperidine rings is 1. The summed E-state index contributed by atoms with van der Waals surface area (Å²) in [5.41, 5.74) is 1.38. The highest BCUT2D eigenvalue weighted by Crippen LogP contribution is 2.44. The van der Waals surface area contributed by atoms with Gasteiger partial charge in [0.1, 0.15) is 0 Å². The van der Waals surface area contributed by atoms with Crippen LogP contribution in [0.2, 0.25) is 5.02 Å². The molecule has 1 atom stereocenters. The lowest BCUT2D eigenvalue weighted by atomic mass is 9.71. The van der Waals surface area contributed by atoms with Gasteiger partial charge in [-0.3, -0.25) is 4.79 Å². The molecule has 10 heteroatoms. The molecule has 1 unspecified atom stereocenters. The molecule has 6 nitrogen and oxygen atoms in total. The maximum atomic E-state index is 12.6. The number of carboxylic acids is 1. The highest BCUT2D eigenvalue weighted by molar-refractivity contribution is 6.31. The number of likely N-dealkylation sites (tertiary alicyclic amines) is 2. The summed E-state index contributed by atoms with van der Waals surface area (Å²) in [5, 5.41) is 7.88. The monoisotopic (exact) mass is 478 g/mol. The molecule has 0 aliphatic carbocycles. The number of ether oxygens (including phenoxy) is 1. The standard InChI is InChI=1S/C20H29ClN2O2.C2HF3O2/c1-22-13-17(14-25-2)20(15-22)9-11-23(12-10-20)19(24)8-7-16-5-3-4-6-18(16)21;3-2(4,5)1(6)7/h3-6,17H,7-15H2,1-2H3;(H,6,7). The Kier molecular flexibility index (Phi) is 9.36. The van der Waals surface area contributed by atoms with Gasteiger partial charge in [-0.1, -0.05) is 29.8 Å². The fraction of sp³-hybridized carbons (Fsp3) is 0.636. The number of aliphatic carboxylic acids is 1. The van der Waals surface area contributed by atoms with Crippen molar-refractivity contribution in [1.82, 2.24) is 9.80 Å². The molecule has 1 aromatic rings. The first-order valence-electron chi connectivity index (χ1n) is 10.5. The Morgan fingerprint density at radius 1 is 1.25 bits per heavy atom. The quantitative estimate of drug-likeness (QED) is 0.698. The van der Waals surface area contributed by atoms with E-state index in [0.717, 1.165) is 62.6 Å². The van der Waals surface area contributed by atoms with E-state index in [1.165, 1.54) is 0 Å². The second-order valence-corrected chi connectivity index (χ2v) is 8.89. The molecule has 2 saturated heterocycles. The fourth-order valence-electron chi connectivity index (χ4n) is 4.60. The summed E-state index contributed by atoms with van der Waals surface area (Å²) >= 11 is 6.19. The average Bonchev–Trinajstić information content (AvgIpc) is 3.02. The molecule has 32 heavy (non-hydrogen) atoms. The number of benzene rings is 1. The van der Waals surface area contributed by atoms with Crippen molar-refractivity contribution in [2.45, 2.75) is 31.9 Å². The number of carboxylic acid groups (broad SMARTS) is 1. The Morgan fingerprint density at radius 2 is 1.84 bits per heavy atom. The van der Waals surface area contributed by atoms with Crippen LogP contribution >= 0.6 is 11.6 Å². The number of alkyl halides is 3. The van der Waals surface area contributed by atoms with E-state index in [2.05, 4.69) is 11.9 Å². The van der Waals surface area contributed by atoms with Gasteiger partial charge in [0.05, 0.1) is 6.61 Å². The minimum Gasteiger partial charge on any atom is -0.475 e. The summed E-state index contributed by atoms with van der Waals surface area (Å²) < 4.78 is 37.2. The summed E-state index contributed by atoms with van der Waals surface area (Å²) in [6, 6.07) is 7.79. The van der Waals surface area contributed by atoms with Crippen LogP contribution in [0.5, 0.6) is 0 Å². The molecular weight excluding hydrogens is 449 g/mol. The first-order valence-corrected chi connectivity index (χ1v) is 10.8. The molecule has 2 aliphatic heterocycles. The number of hydrogen-bond acceptors (Lipinski definition) is 4. The predicted octanol–water partition coefficient (Wildman–Crippen LogP) is 3.72. The molecule has 0 bridgehead atoms. The molecule has 3 rings (SSSR count). The van der Waals surface area contributed by atoms with E-state index in [1.807, 2.05) is 29.2 Å². The van der Waals surface area contributed by atoms with Crippen LogP contribution in [0.1, 0.15) is 24.8 Å². The number of carbonyl (C=O) groups excluding carboxylic acids is 1. The van der Waals surface area contributed by atoms with Crippen LogP contribution in [0.15, 0.2) is 24.3 Å². The van der Waals surface area contributed by atoms with Crippen molar-refractivity contribution in [3.8, 4) is 0 Å². The molecule has 180 valence electrons. The van der Waals surface area contributed by atoms with Crippen LogP contribution in [-0.2, 0) is 20.7 Å². The summed E-state index contributed by atoms with van der Waals surface area (Å²) in [4.78, 5) is 26.0. The van der Waals surface area contributed by atoms with E-state index >= 15 is 0 Å². The number of carbonyl (C=O) groups is 2. The van der Waals surface area contributed by atoms with Crippen molar-refractivity contribution in [3.63, 3.8) is 0 Å². The van der Waals surface area contributed by atoms with Gasteiger partial charge >= 0.3 is 12.1 Å². The highest BCUT2D eigenvalue weighted by Gasteiger charge is 2.47. The van der Waals surface area contributed by atoms with Gasteiger partial charge < -0.3 is 19.6 Å². The second-order valence-electron chi connectivity index (χ2n) is 8.49. The number of nitrogens with zero attached hydrogens (tertiary/aromatic N) is 2. The lowest BCUT2D eigenvalue weighted by Gasteiger charge is -2.42. The predicted molar refractivity (Wildman–Crippen MR) is 115 cm³/mol. The number of aryl methyl sites for hydroxylation is 1. The zero-order valence-corrected chi connectivity index (χ0v) is 19.1. The zero-order chi connectivity index (χ0) is 23.9. The van der Waals surface area contributed by atoms with Crippen molar-refractivity contribution < 1.29 is 32.6 Å². The number of methoxy groups -OCH3 is 1. The zero-order valence-electron chi connectivity index (χ0n) is 18.3. The summed E-state index contributed by atoms with van der Waals surface area (Å²) in [5.74, 6) is -1.92. The maximum absolute atomic E-state index is 12.6. The van der Waals surface area contributed by atoms with E-state index in [-0.39, 0.29) is 5.91 Å². The van der Waals surface area contributed by atoms with Gasteiger partial charge in [-0.25, -0.2) is 4.79 Å². The Bertz CT molecular complexity index is 783. The Hall–Kier alpha value is -1.84. The van der Waals surface area contributed by atoms with Gasteiger partial charge in [0, 0.05) is 50.7 Å². The first-order chi connectivity index (χ1) is 15.0. The molecular formula is C22H30ClF3N2O4. The molecule has 1 amide bonds. The van der Waals surface area contributed by atoms with Crippen LogP contribution in [0.3, 0.4) is 0 Å². The van der Waals surface area contributed by atoms with Crippen molar-refractivity contribution in [3.05, 3.63) is 34.9 Å². The van der Waals surface area contributed by atoms with Crippen molar-refractivity contribution in [1.29, 1.82) is 0 Å². The molecule has 1 aromatic carbocycles. The third-order valence-electron chi connectivity index (χ3n) is 6.27. The number of rotatable bonds is 5. The Labute approximate surface area is 191 Å². The fourth-order valence-corrected chi connectivity index (χ4v) is 4.83. The molecule has 2 aliphatic rings. The van der Waals surface area contributed by atoms with Gasteiger partial charge in [-0.15, -0.1) is 0 Å². The van der Waals surface area contributed by atoms with Gasteiger partial charge in [-0.2, -0.15) is 13.2 Å². The highest BCUT2D eigenvalue weighted by atomic mass is 35.5. The third kappa shape index (κ3) is 7.08. The lowest BCUT2D eigenvalue weighted by Crippen LogP contribution is -2.47. The maximum Gasteiger partial charge on any atom is 0.490 e. The van der Waals surface area contributed by atoms with Gasteiger partial charge in [0.2, 0.25) is 5.91 Å². The average molecular weight is 479 g/mol.